The van der Waals surface area contributed by atoms with Gasteiger partial charge >= 0.3 is 7.12 Å². The van der Waals surface area contributed by atoms with E-state index in [0.29, 0.717) is 12.1 Å². The first-order chi connectivity index (χ1) is 10.2. The molecule has 1 aliphatic rings. The summed E-state index contributed by atoms with van der Waals surface area (Å²) in [4.78, 5) is 3.63. The molecule has 4 nitrogen and oxygen atoms in total. The monoisotopic (exact) mass is 326 g/mol. The van der Waals surface area contributed by atoms with Crippen LogP contribution >= 0.6 is 11.6 Å². The van der Waals surface area contributed by atoms with Crippen LogP contribution in [-0.2, 0) is 9.31 Å². The van der Waals surface area contributed by atoms with Crippen LogP contribution in [0.1, 0.15) is 33.3 Å². The molecule has 0 saturated carbocycles. The molecule has 7 heteroatoms. The maximum Gasteiger partial charge on any atom is 0.491 e. The van der Waals surface area contributed by atoms with Crippen molar-refractivity contribution in [2.75, 3.05) is 13.6 Å². The van der Waals surface area contributed by atoms with Crippen molar-refractivity contribution in [1.29, 1.82) is 0 Å². The van der Waals surface area contributed by atoms with Crippen LogP contribution in [-0.4, -0.2) is 36.9 Å². The van der Waals surface area contributed by atoms with E-state index in [1.807, 2.05) is 40.8 Å². The third kappa shape index (κ3) is 3.51. The van der Waals surface area contributed by atoms with Gasteiger partial charge < -0.3 is 14.6 Å². The summed E-state index contributed by atoms with van der Waals surface area (Å²) in [7, 11) is 1.37. The first-order valence-corrected chi connectivity index (χ1v) is 7.56. The average Bonchev–Trinajstić information content (AvgIpc) is 2.62. The van der Waals surface area contributed by atoms with Gasteiger partial charge in [-0.05, 0) is 51.8 Å². The Morgan fingerprint density at radius 1 is 1.36 bits per heavy atom. The lowest BCUT2D eigenvalue weighted by atomic mass is 9.77. The van der Waals surface area contributed by atoms with Crippen LogP contribution in [0.25, 0.3) is 6.08 Å². The molecule has 0 amide bonds. The minimum Gasteiger partial charge on any atom is -0.400 e. The number of hydrogen-bond donors (Lipinski definition) is 1. The van der Waals surface area contributed by atoms with Gasteiger partial charge in [-0.25, -0.2) is 4.98 Å². The molecule has 1 fully saturated rings. The van der Waals surface area contributed by atoms with E-state index in [1.165, 1.54) is 12.3 Å². The summed E-state index contributed by atoms with van der Waals surface area (Å²) in [5.74, 6) is -0.676. The van der Waals surface area contributed by atoms with E-state index in [0.717, 1.165) is 5.47 Å². The van der Waals surface area contributed by atoms with Crippen LogP contribution in [0.3, 0.4) is 0 Å². The second-order valence-corrected chi connectivity index (χ2v) is 6.79. The third-order valence-electron chi connectivity index (χ3n) is 4.11. The van der Waals surface area contributed by atoms with Crippen LogP contribution in [0.4, 0.5) is 4.39 Å². The molecule has 22 heavy (non-hydrogen) atoms. The summed E-state index contributed by atoms with van der Waals surface area (Å²) < 4.78 is 25.3. The van der Waals surface area contributed by atoms with Gasteiger partial charge in [-0.15, -0.1) is 0 Å². The van der Waals surface area contributed by atoms with Gasteiger partial charge in [0, 0.05) is 12.7 Å². The Balaban J connectivity index is 2.31. The van der Waals surface area contributed by atoms with E-state index in [9.17, 15) is 4.39 Å². The number of nitrogens with one attached hydrogen (secondary N) is 1. The number of nitrogens with zero attached hydrogens (tertiary/aromatic N) is 1. The molecule has 0 aliphatic carbocycles. The molecule has 1 aliphatic heterocycles. The molecule has 2 rings (SSSR count). The smallest absolute Gasteiger partial charge is 0.400 e. The quantitative estimate of drug-likeness (QED) is 0.682. The molecule has 0 atom stereocenters. The minimum atomic E-state index is -0.676. The summed E-state index contributed by atoms with van der Waals surface area (Å²) in [5, 5.41) is 3.08. The Morgan fingerprint density at radius 3 is 2.45 bits per heavy atom. The first-order valence-electron chi connectivity index (χ1n) is 7.18. The van der Waals surface area contributed by atoms with Crippen molar-refractivity contribution in [3.05, 3.63) is 34.3 Å². The van der Waals surface area contributed by atoms with Crippen LogP contribution in [0.15, 0.2) is 17.7 Å². The molecule has 0 spiro atoms. The highest BCUT2D eigenvalue weighted by atomic mass is 35.5. The van der Waals surface area contributed by atoms with Gasteiger partial charge in [0.1, 0.15) is 0 Å². The summed E-state index contributed by atoms with van der Waals surface area (Å²) in [6.07, 6.45) is 3.29. The van der Waals surface area contributed by atoms with Gasteiger partial charge in [-0.1, -0.05) is 17.7 Å². The molecule has 0 bridgehead atoms. The number of aromatic nitrogens is 1. The molecule has 0 unspecified atom stereocenters. The van der Waals surface area contributed by atoms with Crippen molar-refractivity contribution < 1.29 is 13.7 Å². The number of likely N-dealkylation sites (N-methyl/N-ethyl adjacent to an activating group) is 1. The normalized spacial score (nSPS) is 20.5. The molecule has 120 valence electrons. The van der Waals surface area contributed by atoms with Crippen molar-refractivity contribution in [3.8, 4) is 0 Å². The molecule has 1 saturated heterocycles. The second-order valence-electron chi connectivity index (χ2n) is 6.38. The molecule has 0 aromatic carbocycles. The van der Waals surface area contributed by atoms with Crippen LogP contribution < -0.4 is 5.32 Å². The number of halogens is 2. The molecule has 1 N–H and O–H groups in total. The van der Waals surface area contributed by atoms with E-state index in [1.54, 1.807) is 0 Å². The maximum absolute atomic E-state index is 13.2. The lowest BCUT2D eigenvalue weighted by Gasteiger charge is -2.32. The van der Waals surface area contributed by atoms with Crippen molar-refractivity contribution in [3.63, 3.8) is 0 Å². The summed E-state index contributed by atoms with van der Waals surface area (Å²) in [6, 6.07) is 1.53. The summed E-state index contributed by atoms with van der Waals surface area (Å²) >= 11 is 5.78. The molecule has 2 heterocycles. The molecule has 0 radical (unpaired) electrons. The molecular weight excluding hydrogens is 305 g/mol. The molecule has 1 aromatic rings. The van der Waals surface area contributed by atoms with Crippen LogP contribution in [0.5, 0.6) is 0 Å². The van der Waals surface area contributed by atoms with Crippen molar-refractivity contribution in [2.24, 2.45) is 0 Å². The fraction of sp³-hybridized carbons (Fsp3) is 0.533. The number of pyridine rings is 1. The van der Waals surface area contributed by atoms with Crippen LogP contribution in [0, 0.1) is 5.95 Å². The van der Waals surface area contributed by atoms with Gasteiger partial charge in [-0.3, -0.25) is 0 Å². The van der Waals surface area contributed by atoms with Crippen molar-refractivity contribution >= 4 is 24.8 Å². The SMILES string of the molecule is CNCC(=Cc1cnc(F)c(Cl)c1)B1OC(C)(C)C(C)(C)O1. The third-order valence-corrected chi connectivity index (χ3v) is 4.37. The maximum atomic E-state index is 13.2. The summed E-state index contributed by atoms with van der Waals surface area (Å²) in [5.41, 5.74) is 0.767. The number of hydrogen-bond acceptors (Lipinski definition) is 4. The number of rotatable bonds is 4. The first kappa shape index (κ1) is 17.4. The van der Waals surface area contributed by atoms with E-state index in [-0.39, 0.29) is 5.02 Å². The van der Waals surface area contributed by atoms with Gasteiger partial charge in [0.05, 0.1) is 16.2 Å². The van der Waals surface area contributed by atoms with Gasteiger partial charge in [0.25, 0.3) is 0 Å². The van der Waals surface area contributed by atoms with Crippen molar-refractivity contribution in [2.45, 2.75) is 38.9 Å². The predicted molar refractivity (Wildman–Crippen MR) is 87.2 cm³/mol. The van der Waals surface area contributed by atoms with Crippen LogP contribution in [0.2, 0.25) is 5.02 Å². The van der Waals surface area contributed by atoms with E-state index in [4.69, 9.17) is 20.9 Å². The van der Waals surface area contributed by atoms with E-state index < -0.39 is 24.3 Å². The standard InChI is InChI=1S/C15H21BClFN2O2/c1-14(2)15(3,4)22-16(21-14)11(9-19-5)6-10-7-12(17)13(18)20-8-10/h6-8,19H,9H2,1-5H3. The van der Waals surface area contributed by atoms with Crippen molar-refractivity contribution in [1.82, 2.24) is 10.3 Å². The largest absolute Gasteiger partial charge is 0.491 e. The zero-order valence-electron chi connectivity index (χ0n) is 13.5. The fourth-order valence-electron chi connectivity index (χ4n) is 2.13. The molecule has 1 aromatic heterocycles. The van der Waals surface area contributed by atoms with Gasteiger partial charge in [-0.2, -0.15) is 4.39 Å². The zero-order valence-corrected chi connectivity index (χ0v) is 14.3. The highest BCUT2D eigenvalue weighted by Gasteiger charge is 2.52. The predicted octanol–water partition coefficient (Wildman–Crippen LogP) is 3.11. The highest BCUT2D eigenvalue weighted by molar-refractivity contribution is 6.56. The Kier molecular flexibility index (Phi) is 4.97. The Bertz CT molecular complexity index is 577. The lowest BCUT2D eigenvalue weighted by Crippen LogP contribution is -2.41. The molecular formula is C15H21BClFN2O2. The van der Waals surface area contributed by atoms with E-state index >= 15 is 0 Å². The summed E-state index contributed by atoms with van der Waals surface area (Å²) in [6.45, 7) is 8.58. The van der Waals surface area contributed by atoms with Gasteiger partial charge in [0.15, 0.2) is 0 Å². The average molecular weight is 327 g/mol. The Morgan fingerprint density at radius 2 is 1.95 bits per heavy atom. The minimum absolute atomic E-state index is 0.00789. The zero-order chi connectivity index (χ0) is 16.5. The second kappa shape index (κ2) is 6.28. The van der Waals surface area contributed by atoms with Gasteiger partial charge in [0.2, 0.25) is 5.95 Å². The topological polar surface area (TPSA) is 43.4 Å². The lowest BCUT2D eigenvalue weighted by molar-refractivity contribution is 0.00578. The highest BCUT2D eigenvalue weighted by Crippen LogP contribution is 2.38. The Labute approximate surface area is 136 Å². The Hall–Kier alpha value is -0.945. The fourth-order valence-corrected chi connectivity index (χ4v) is 2.30. The van der Waals surface area contributed by atoms with E-state index in [2.05, 4.69) is 10.3 Å².